The Morgan fingerprint density at radius 2 is 2.00 bits per heavy atom. The predicted molar refractivity (Wildman–Crippen MR) is 77.1 cm³/mol. The van der Waals surface area contributed by atoms with Gasteiger partial charge in [0.2, 0.25) is 0 Å². The molecule has 1 amide bonds. The van der Waals surface area contributed by atoms with E-state index in [0.717, 1.165) is 12.1 Å². The van der Waals surface area contributed by atoms with Gasteiger partial charge in [-0.2, -0.15) is 0 Å². The number of benzene rings is 1. The van der Waals surface area contributed by atoms with Crippen molar-refractivity contribution in [1.82, 2.24) is 4.98 Å². The van der Waals surface area contributed by atoms with E-state index in [1.165, 1.54) is 0 Å². The zero-order chi connectivity index (χ0) is 13.7. The molecule has 0 unspecified atom stereocenters. The van der Waals surface area contributed by atoms with Crippen LogP contribution in [0.1, 0.15) is 23.7 Å². The van der Waals surface area contributed by atoms with E-state index in [1.807, 2.05) is 19.1 Å². The van der Waals surface area contributed by atoms with Gasteiger partial charge in [0.1, 0.15) is 0 Å². The quantitative estimate of drug-likeness (QED) is 0.854. The molecule has 0 fully saturated rings. The van der Waals surface area contributed by atoms with Gasteiger partial charge in [-0.05, 0) is 42.8 Å². The minimum atomic E-state index is -0.0419. The smallest absolute Gasteiger partial charge is 0.259 e. The second-order valence-corrected chi connectivity index (χ2v) is 4.29. The molecule has 1 aromatic heterocycles. The van der Waals surface area contributed by atoms with Crippen LogP contribution in [-0.2, 0) is 0 Å². The summed E-state index contributed by atoms with van der Waals surface area (Å²) >= 11 is 0. The van der Waals surface area contributed by atoms with E-state index in [9.17, 15) is 4.79 Å². The third-order valence-electron chi connectivity index (χ3n) is 2.81. The Morgan fingerprint density at radius 3 is 2.58 bits per heavy atom. The van der Waals surface area contributed by atoms with Crippen molar-refractivity contribution >= 4 is 17.3 Å². The summed E-state index contributed by atoms with van der Waals surface area (Å²) in [6.07, 6.45) is 4.13. The van der Waals surface area contributed by atoms with E-state index < -0.39 is 0 Å². The molecule has 4 heteroatoms. The monoisotopic (exact) mass is 255 g/mol. The Bertz CT molecular complexity index is 537. The number of aromatic nitrogens is 1. The molecule has 2 rings (SSSR count). The molecule has 4 nitrogen and oxygen atoms in total. The predicted octanol–water partition coefficient (Wildman–Crippen LogP) is 2.72. The van der Waals surface area contributed by atoms with Crippen molar-refractivity contribution in [2.24, 2.45) is 0 Å². The summed E-state index contributed by atoms with van der Waals surface area (Å²) in [5, 5.41) is 0. The van der Waals surface area contributed by atoms with Gasteiger partial charge in [-0.3, -0.25) is 9.78 Å². The largest absolute Gasteiger partial charge is 0.399 e. The maximum atomic E-state index is 12.5. The molecule has 98 valence electrons. The normalized spacial score (nSPS) is 10.2. The van der Waals surface area contributed by atoms with Gasteiger partial charge in [-0.1, -0.05) is 6.92 Å². The molecule has 0 aliphatic rings. The maximum Gasteiger partial charge on any atom is 0.259 e. The lowest BCUT2D eigenvalue weighted by Gasteiger charge is -2.22. The summed E-state index contributed by atoms with van der Waals surface area (Å²) in [6.45, 7) is 2.71. The Balaban J connectivity index is 2.30. The first-order valence-electron chi connectivity index (χ1n) is 6.30. The number of nitrogens with zero attached hydrogens (tertiary/aromatic N) is 2. The second-order valence-electron chi connectivity index (χ2n) is 4.29. The Morgan fingerprint density at radius 1 is 1.26 bits per heavy atom. The van der Waals surface area contributed by atoms with E-state index in [4.69, 9.17) is 5.73 Å². The molecular weight excluding hydrogens is 238 g/mol. The Labute approximate surface area is 112 Å². The molecule has 19 heavy (non-hydrogen) atoms. The van der Waals surface area contributed by atoms with Gasteiger partial charge in [0.15, 0.2) is 0 Å². The number of nitrogens with two attached hydrogens (primary N) is 1. The lowest BCUT2D eigenvalue weighted by atomic mass is 10.2. The number of rotatable bonds is 4. The SMILES string of the molecule is CCCN(C(=O)c1cccnc1)c1ccc(N)cc1. The highest BCUT2D eigenvalue weighted by molar-refractivity contribution is 6.05. The highest BCUT2D eigenvalue weighted by atomic mass is 16.2. The number of hydrogen-bond donors (Lipinski definition) is 1. The summed E-state index contributed by atoms with van der Waals surface area (Å²) in [5.41, 5.74) is 7.81. The van der Waals surface area contributed by atoms with E-state index in [-0.39, 0.29) is 5.91 Å². The number of hydrogen-bond acceptors (Lipinski definition) is 3. The molecule has 0 aliphatic heterocycles. The zero-order valence-electron chi connectivity index (χ0n) is 10.9. The molecule has 0 radical (unpaired) electrons. The lowest BCUT2D eigenvalue weighted by molar-refractivity contribution is 0.0986. The molecule has 0 atom stereocenters. The first-order chi connectivity index (χ1) is 9.22. The van der Waals surface area contributed by atoms with Crippen LogP contribution in [0.4, 0.5) is 11.4 Å². The summed E-state index contributed by atoms with van der Waals surface area (Å²) in [7, 11) is 0. The maximum absolute atomic E-state index is 12.5. The molecule has 0 aliphatic carbocycles. The number of anilines is 2. The first kappa shape index (κ1) is 13.1. The van der Waals surface area contributed by atoms with Gasteiger partial charge in [-0.25, -0.2) is 0 Å². The lowest BCUT2D eigenvalue weighted by Crippen LogP contribution is -2.31. The molecular formula is C15H17N3O. The fraction of sp³-hybridized carbons (Fsp3) is 0.200. The zero-order valence-corrected chi connectivity index (χ0v) is 10.9. The van der Waals surface area contributed by atoms with Crippen LogP contribution in [0.3, 0.4) is 0 Å². The Kier molecular flexibility index (Phi) is 4.13. The van der Waals surface area contributed by atoms with Gasteiger partial charge in [0, 0.05) is 30.3 Å². The number of carbonyl (C=O) groups excluding carboxylic acids is 1. The summed E-state index contributed by atoms with van der Waals surface area (Å²) in [5.74, 6) is -0.0419. The first-order valence-corrected chi connectivity index (χ1v) is 6.30. The standard InChI is InChI=1S/C15H17N3O/c1-2-10-18(14-7-5-13(16)6-8-14)15(19)12-4-3-9-17-11-12/h3-9,11H,2,10,16H2,1H3. The average Bonchev–Trinajstić information content (AvgIpc) is 2.46. The molecule has 2 N–H and O–H groups in total. The van der Waals surface area contributed by atoms with E-state index >= 15 is 0 Å². The number of carbonyl (C=O) groups is 1. The number of amides is 1. The molecule has 0 saturated carbocycles. The fourth-order valence-corrected chi connectivity index (χ4v) is 1.87. The van der Waals surface area contributed by atoms with Gasteiger partial charge >= 0.3 is 0 Å². The summed E-state index contributed by atoms with van der Waals surface area (Å²) in [4.78, 5) is 18.2. The van der Waals surface area contributed by atoms with Crippen LogP contribution in [0.2, 0.25) is 0 Å². The van der Waals surface area contributed by atoms with Gasteiger partial charge < -0.3 is 10.6 Å². The van der Waals surface area contributed by atoms with Crippen molar-refractivity contribution in [2.45, 2.75) is 13.3 Å². The fourth-order valence-electron chi connectivity index (χ4n) is 1.87. The van der Waals surface area contributed by atoms with Crippen LogP contribution in [0.5, 0.6) is 0 Å². The topological polar surface area (TPSA) is 59.2 Å². The number of pyridine rings is 1. The minimum Gasteiger partial charge on any atom is -0.399 e. The van der Waals surface area contributed by atoms with Gasteiger partial charge in [0.25, 0.3) is 5.91 Å². The van der Waals surface area contributed by atoms with Crippen molar-refractivity contribution in [3.05, 3.63) is 54.4 Å². The highest BCUT2D eigenvalue weighted by Crippen LogP contribution is 2.19. The van der Waals surface area contributed by atoms with Crippen molar-refractivity contribution in [2.75, 3.05) is 17.2 Å². The van der Waals surface area contributed by atoms with Crippen molar-refractivity contribution < 1.29 is 4.79 Å². The average molecular weight is 255 g/mol. The molecule has 1 heterocycles. The third-order valence-corrected chi connectivity index (χ3v) is 2.81. The summed E-state index contributed by atoms with van der Waals surface area (Å²) < 4.78 is 0. The second kappa shape index (κ2) is 6.00. The minimum absolute atomic E-state index is 0.0419. The molecule has 0 bridgehead atoms. The Hall–Kier alpha value is -2.36. The van der Waals surface area contributed by atoms with Crippen LogP contribution in [0.25, 0.3) is 0 Å². The summed E-state index contributed by atoms with van der Waals surface area (Å²) in [6, 6.07) is 10.9. The van der Waals surface area contributed by atoms with E-state index in [2.05, 4.69) is 4.98 Å². The van der Waals surface area contributed by atoms with Crippen molar-refractivity contribution in [3.63, 3.8) is 0 Å². The van der Waals surface area contributed by atoms with E-state index in [1.54, 1.807) is 41.6 Å². The van der Waals surface area contributed by atoms with Crippen LogP contribution in [-0.4, -0.2) is 17.4 Å². The third kappa shape index (κ3) is 3.10. The number of nitrogen functional groups attached to an aromatic ring is 1. The van der Waals surface area contributed by atoms with Crippen molar-refractivity contribution in [3.8, 4) is 0 Å². The van der Waals surface area contributed by atoms with Gasteiger partial charge in [-0.15, -0.1) is 0 Å². The van der Waals surface area contributed by atoms with Crippen molar-refractivity contribution in [1.29, 1.82) is 0 Å². The van der Waals surface area contributed by atoms with Crippen LogP contribution in [0, 0.1) is 0 Å². The molecule has 1 aromatic carbocycles. The van der Waals surface area contributed by atoms with Crippen LogP contribution in [0.15, 0.2) is 48.8 Å². The highest BCUT2D eigenvalue weighted by Gasteiger charge is 2.16. The van der Waals surface area contributed by atoms with Crippen LogP contribution < -0.4 is 10.6 Å². The molecule has 2 aromatic rings. The molecule has 0 saturated heterocycles. The van der Waals surface area contributed by atoms with E-state index in [0.29, 0.717) is 17.8 Å². The van der Waals surface area contributed by atoms with Crippen LogP contribution >= 0.6 is 0 Å². The van der Waals surface area contributed by atoms with Gasteiger partial charge in [0.05, 0.1) is 5.56 Å². The molecule has 0 spiro atoms.